The van der Waals surface area contributed by atoms with Gasteiger partial charge in [0.2, 0.25) is 0 Å². The summed E-state index contributed by atoms with van der Waals surface area (Å²) in [5, 5.41) is 19.1. The molecule has 1 aromatic rings. The fraction of sp³-hybridized carbons (Fsp3) is 0.125. The van der Waals surface area contributed by atoms with Crippen LogP contribution >= 0.6 is 12.4 Å². The van der Waals surface area contributed by atoms with Crippen molar-refractivity contribution in [3.8, 4) is 0 Å². The van der Waals surface area contributed by atoms with Gasteiger partial charge in [0.15, 0.2) is 0 Å². The molecule has 5 heteroatoms. The number of aliphatic hydroxyl groups excluding tert-OH is 1. The van der Waals surface area contributed by atoms with E-state index in [1.54, 1.807) is 18.2 Å². The first kappa shape index (κ1) is 15.4. The Bertz CT molecular complexity index is 253. The zero-order chi connectivity index (χ0) is 8.27. The number of aliphatic carboxylic acids is 1. The molecule has 0 spiro atoms. The van der Waals surface area contributed by atoms with E-state index in [2.05, 4.69) is 0 Å². The second-order valence-electron chi connectivity index (χ2n) is 2.13. The van der Waals surface area contributed by atoms with Gasteiger partial charge >= 0.3 is 29.6 Å². The SMILES string of the molecule is Cl.O=C([O-])[C@H](O)c1ccccc1.[Na+]. The standard InChI is InChI=1S/C8H8O3.ClH.Na/c9-7(8(10)11)6-4-2-1-3-5-6;;/h1-5,7,9H,(H,10,11);1H;/q;;+1/p-1/t7-;;/m1../s1. The zero-order valence-electron chi connectivity index (χ0n) is 7.14. The summed E-state index contributed by atoms with van der Waals surface area (Å²) in [5.74, 6) is -1.48. The molecule has 0 aliphatic rings. The van der Waals surface area contributed by atoms with Crippen molar-refractivity contribution in [1.29, 1.82) is 0 Å². The second kappa shape index (κ2) is 7.35. The van der Waals surface area contributed by atoms with Crippen molar-refractivity contribution < 1.29 is 44.6 Å². The van der Waals surface area contributed by atoms with Crippen LogP contribution in [0.15, 0.2) is 30.3 Å². The summed E-state index contributed by atoms with van der Waals surface area (Å²) in [6.45, 7) is 0. The van der Waals surface area contributed by atoms with Gasteiger partial charge in [-0.1, -0.05) is 30.3 Å². The van der Waals surface area contributed by atoms with E-state index in [4.69, 9.17) is 5.11 Å². The maximum atomic E-state index is 10.1. The molecule has 0 unspecified atom stereocenters. The van der Waals surface area contributed by atoms with E-state index in [0.29, 0.717) is 5.56 Å². The van der Waals surface area contributed by atoms with Gasteiger partial charge in [0.25, 0.3) is 0 Å². The molecule has 1 N–H and O–H groups in total. The van der Waals surface area contributed by atoms with E-state index in [1.807, 2.05) is 0 Å². The van der Waals surface area contributed by atoms with Gasteiger partial charge in [-0.25, -0.2) is 0 Å². The van der Waals surface area contributed by atoms with Crippen LogP contribution in [0, 0.1) is 0 Å². The van der Waals surface area contributed by atoms with Crippen molar-refractivity contribution >= 4 is 18.4 Å². The summed E-state index contributed by atoms with van der Waals surface area (Å²) in [6, 6.07) is 8.11. The van der Waals surface area contributed by atoms with Crippen molar-refractivity contribution in [2.75, 3.05) is 0 Å². The van der Waals surface area contributed by atoms with E-state index >= 15 is 0 Å². The summed E-state index contributed by atoms with van der Waals surface area (Å²) in [5.41, 5.74) is 0.340. The molecule has 13 heavy (non-hydrogen) atoms. The first-order valence-corrected chi connectivity index (χ1v) is 3.15. The Hall–Kier alpha value is -0.0600. The fourth-order valence-corrected chi connectivity index (χ4v) is 0.771. The van der Waals surface area contributed by atoms with E-state index in [1.165, 1.54) is 12.1 Å². The molecular weight excluding hydrogens is 203 g/mol. The average molecular weight is 211 g/mol. The minimum Gasteiger partial charge on any atom is -0.547 e. The molecule has 0 radical (unpaired) electrons. The predicted octanol–water partition coefficient (Wildman–Crippen LogP) is -3.10. The largest absolute Gasteiger partial charge is 1.00 e. The number of hydrogen-bond acceptors (Lipinski definition) is 3. The minimum atomic E-state index is -1.52. The number of carboxylic acid groups (broad SMARTS) is 1. The van der Waals surface area contributed by atoms with Crippen molar-refractivity contribution in [1.82, 2.24) is 0 Å². The van der Waals surface area contributed by atoms with Crippen LogP contribution in [-0.4, -0.2) is 11.1 Å². The zero-order valence-corrected chi connectivity index (χ0v) is 9.95. The molecule has 0 amide bonds. The van der Waals surface area contributed by atoms with Crippen molar-refractivity contribution in [3.63, 3.8) is 0 Å². The van der Waals surface area contributed by atoms with Gasteiger partial charge in [-0.3, -0.25) is 0 Å². The number of carbonyl (C=O) groups excluding carboxylic acids is 1. The van der Waals surface area contributed by atoms with Gasteiger partial charge in [0.1, 0.15) is 6.10 Å². The molecule has 66 valence electrons. The average Bonchev–Trinajstić information content (AvgIpc) is 2.05. The number of aliphatic hydroxyl groups is 1. The van der Waals surface area contributed by atoms with Gasteiger partial charge in [-0.2, -0.15) is 0 Å². The Balaban J connectivity index is 0. The van der Waals surface area contributed by atoms with Gasteiger partial charge in [-0.15, -0.1) is 12.4 Å². The molecule has 3 nitrogen and oxygen atoms in total. The molecule has 0 aromatic heterocycles. The Morgan fingerprint density at radius 1 is 1.31 bits per heavy atom. The van der Waals surface area contributed by atoms with Crippen LogP contribution in [0.5, 0.6) is 0 Å². The first-order valence-electron chi connectivity index (χ1n) is 3.15. The summed E-state index contributed by atoms with van der Waals surface area (Å²) < 4.78 is 0. The van der Waals surface area contributed by atoms with Gasteiger partial charge in [0.05, 0.1) is 5.97 Å². The molecule has 0 bridgehead atoms. The van der Waals surface area contributed by atoms with Crippen LogP contribution in [0.25, 0.3) is 0 Å². The monoisotopic (exact) mass is 210 g/mol. The molecule has 1 aromatic carbocycles. The maximum absolute atomic E-state index is 10.1. The fourth-order valence-electron chi connectivity index (χ4n) is 0.771. The summed E-state index contributed by atoms with van der Waals surface area (Å²) in [7, 11) is 0. The molecule has 0 heterocycles. The Kier molecular flexibility index (Phi) is 8.72. The predicted molar refractivity (Wildman–Crippen MR) is 43.7 cm³/mol. The van der Waals surface area contributed by atoms with Crippen LogP contribution < -0.4 is 34.7 Å². The van der Waals surface area contributed by atoms with Crippen molar-refractivity contribution in [2.24, 2.45) is 0 Å². The van der Waals surface area contributed by atoms with Crippen LogP contribution in [0.4, 0.5) is 0 Å². The number of carbonyl (C=O) groups is 1. The third-order valence-electron chi connectivity index (χ3n) is 1.34. The smallest absolute Gasteiger partial charge is 0.547 e. The molecule has 0 saturated carbocycles. The van der Waals surface area contributed by atoms with Crippen molar-refractivity contribution in [3.05, 3.63) is 35.9 Å². The van der Waals surface area contributed by atoms with Crippen LogP contribution in [0.2, 0.25) is 0 Å². The van der Waals surface area contributed by atoms with E-state index in [0.717, 1.165) is 0 Å². The van der Waals surface area contributed by atoms with Crippen LogP contribution in [0.1, 0.15) is 11.7 Å². The molecule has 1 atom stereocenters. The van der Waals surface area contributed by atoms with E-state index in [9.17, 15) is 9.90 Å². The molecule has 0 fully saturated rings. The van der Waals surface area contributed by atoms with Gasteiger partial charge in [0, 0.05) is 0 Å². The number of halogens is 1. The van der Waals surface area contributed by atoms with Crippen LogP contribution in [0.3, 0.4) is 0 Å². The molecule has 0 aliphatic carbocycles. The third-order valence-corrected chi connectivity index (χ3v) is 1.34. The van der Waals surface area contributed by atoms with Gasteiger partial charge in [-0.05, 0) is 5.56 Å². The number of benzene rings is 1. The Morgan fingerprint density at radius 2 is 1.77 bits per heavy atom. The Morgan fingerprint density at radius 3 is 2.15 bits per heavy atom. The number of carboxylic acids is 1. The van der Waals surface area contributed by atoms with E-state index < -0.39 is 12.1 Å². The topological polar surface area (TPSA) is 60.4 Å². The molecule has 1 rings (SSSR count). The third kappa shape index (κ3) is 4.64. The normalized spacial score (nSPS) is 10.5. The molecule has 0 saturated heterocycles. The minimum absolute atomic E-state index is 0. The summed E-state index contributed by atoms with van der Waals surface area (Å²) in [6.07, 6.45) is -1.52. The number of rotatable bonds is 2. The second-order valence-corrected chi connectivity index (χ2v) is 2.13. The maximum Gasteiger partial charge on any atom is 1.00 e. The summed E-state index contributed by atoms with van der Waals surface area (Å²) >= 11 is 0. The van der Waals surface area contributed by atoms with Crippen LogP contribution in [-0.2, 0) is 4.79 Å². The van der Waals surface area contributed by atoms with Gasteiger partial charge < -0.3 is 15.0 Å². The number of hydrogen-bond donors (Lipinski definition) is 1. The quantitative estimate of drug-likeness (QED) is 0.526. The van der Waals surface area contributed by atoms with E-state index in [-0.39, 0.29) is 42.0 Å². The molecule has 0 aliphatic heterocycles. The summed E-state index contributed by atoms with van der Waals surface area (Å²) in [4.78, 5) is 10.1. The van der Waals surface area contributed by atoms with Crippen molar-refractivity contribution in [2.45, 2.75) is 6.10 Å². The molecular formula is C8H8ClNaO3. The Labute approximate surface area is 104 Å². The first-order chi connectivity index (χ1) is 5.22.